The molecule has 1 radical (unpaired) electrons. The van der Waals surface area contributed by atoms with Crippen molar-refractivity contribution in [3.63, 3.8) is 0 Å². The van der Waals surface area contributed by atoms with E-state index in [4.69, 9.17) is 4.43 Å². The fourth-order valence-electron chi connectivity index (χ4n) is 3.17. The molecule has 0 aromatic heterocycles. The maximum absolute atomic E-state index is 6.36. The van der Waals surface area contributed by atoms with Crippen LogP contribution < -0.4 is 4.43 Å². The molecule has 1 aromatic carbocycles. The highest BCUT2D eigenvalue weighted by atomic mass is 79.9. The average Bonchev–Trinajstić information content (AvgIpc) is 2.39. The normalized spacial score (nSPS) is 12.0. The molecule has 0 saturated heterocycles. The third-order valence-electron chi connectivity index (χ3n) is 3.76. The molecule has 0 fully saturated rings. The maximum Gasteiger partial charge on any atom is 0.274 e. The van der Waals surface area contributed by atoms with Crippen molar-refractivity contribution in [2.24, 2.45) is 0 Å². The SMILES string of the molecule is CCCc1cc(CBr)c(O[Si](C)C)c(CCC)c1C(C)(C)C. The molecule has 0 unspecified atom stereocenters. The second-order valence-electron chi connectivity index (χ2n) is 7.27. The Morgan fingerprint density at radius 3 is 2.05 bits per heavy atom. The first kappa shape index (κ1) is 19.8. The van der Waals surface area contributed by atoms with Crippen molar-refractivity contribution in [1.82, 2.24) is 0 Å². The molecular weight excluding hydrogens is 352 g/mol. The van der Waals surface area contributed by atoms with Gasteiger partial charge < -0.3 is 4.43 Å². The number of rotatable bonds is 7. The van der Waals surface area contributed by atoms with Crippen molar-refractivity contribution >= 4 is 25.0 Å². The van der Waals surface area contributed by atoms with E-state index in [1.165, 1.54) is 34.4 Å². The number of benzene rings is 1. The lowest BCUT2D eigenvalue weighted by Gasteiger charge is -2.30. The Balaban J connectivity index is 3.67. The first-order valence-corrected chi connectivity index (χ1v) is 12.0. The Bertz CT molecular complexity index is 489. The minimum absolute atomic E-state index is 0.159. The number of hydrogen-bond acceptors (Lipinski definition) is 1. The Morgan fingerprint density at radius 1 is 1.05 bits per heavy atom. The summed E-state index contributed by atoms with van der Waals surface area (Å²) < 4.78 is 6.36. The third kappa shape index (κ3) is 4.86. The molecule has 1 rings (SSSR count). The molecule has 0 spiro atoms. The smallest absolute Gasteiger partial charge is 0.274 e. The second-order valence-corrected chi connectivity index (χ2v) is 9.85. The highest BCUT2D eigenvalue weighted by Crippen LogP contribution is 2.40. The molecule has 22 heavy (non-hydrogen) atoms. The first-order chi connectivity index (χ1) is 10.3. The van der Waals surface area contributed by atoms with Crippen molar-refractivity contribution in [2.75, 3.05) is 0 Å². The molecule has 0 atom stereocenters. The molecule has 0 N–H and O–H groups in total. The molecule has 0 bridgehead atoms. The average molecular weight is 384 g/mol. The van der Waals surface area contributed by atoms with Crippen LogP contribution in [0.25, 0.3) is 0 Å². The first-order valence-electron chi connectivity index (χ1n) is 8.48. The molecule has 1 nitrogen and oxygen atoms in total. The second kappa shape index (κ2) is 8.54. The van der Waals surface area contributed by atoms with Gasteiger partial charge in [-0.15, -0.1) is 0 Å². The van der Waals surface area contributed by atoms with Gasteiger partial charge in [-0.25, -0.2) is 0 Å². The van der Waals surface area contributed by atoms with Gasteiger partial charge in [-0.3, -0.25) is 0 Å². The summed E-state index contributed by atoms with van der Waals surface area (Å²) in [5, 5.41) is 0.870. The molecule has 125 valence electrons. The molecular formula is C19H32BrOSi. The molecule has 0 aliphatic rings. The molecule has 0 saturated carbocycles. The molecule has 0 heterocycles. The van der Waals surface area contributed by atoms with E-state index < -0.39 is 9.04 Å². The maximum atomic E-state index is 6.36. The van der Waals surface area contributed by atoms with Crippen LogP contribution >= 0.6 is 15.9 Å². The highest BCUT2D eigenvalue weighted by molar-refractivity contribution is 9.08. The summed E-state index contributed by atoms with van der Waals surface area (Å²) in [6, 6.07) is 2.39. The van der Waals surface area contributed by atoms with E-state index in [2.05, 4.69) is 69.7 Å². The van der Waals surface area contributed by atoms with Crippen LogP contribution in [0.3, 0.4) is 0 Å². The van der Waals surface area contributed by atoms with Gasteiger partial charge in [-0.05, 0) is 48.0 Å². The zero-order chi connectivity index (χ0) is 16.9. The number of aryl methyl sites for hydroxylation is 1. The van der Waals surface area contributed by atoms with Crippen LogP contribution in [0.5, 0.6) is 5.75 Å². The van der Waals surface area contributed by atoms with Gasteiger partial charge in [0, 0.05) is 10.9 Å². The number of alkyl halides is 1. The fraction of sp³-hybridized carbons (Fsp3) is 0.684. The topological polar surface area (TPSA) is 9.23 Å². The molecule has 0 aliphatic carbocycles. The minimum atomic E-state index is -0.766. The fourth-order valence-corrected chi connectivity index (χ4v) is 4.25. The molecule has 1 aromatic rings. The van der Waals surface area contributed by atoms with E-state index in [1.807, 2.05) is 0 Å². The summed E-state index contributed by atoms with van der Waals surface area (Å²) in [6.07, 6.45) is 4.60. The van der Waals surface area contributed by atoms with E-state index in [1.54, 1.807) is 0 Å². The molecule has 0 amide bonds. The number of hydrogen-bond donors (Lipinski definition) is 0. The van der Waals surface area contributed by atoms with Crippen LogP contribution in [0, 0.1) is 0 Å². The van der Waals surface area contributed by atoms with Gasteiger partial charge in [-0.2, -0.15) is 0 Å². The summed E-state index contributed by atoms with van der Waals surface area (Å²) in [5.41, 5.74) is 5.99. The van der Waals surface area contributed by atoms with E-state index in [-0.39, 0.29) is 5.41 Å². The van der Waals surface area contributed by atoms with Crippen molar-refractivity contribution in [3.05, 3.63) is 28.3 Å². The lowest BCUT2D eigenvalue weighted by atomic mass is 9.77. The van der Waals surface area contributed by atoms with Gasteiger partial charge in [0.05, 0.1) is 0 Å². The van der Waals surface area contributed by atoms with Crippen molar-refractivity contribution in [2.45, 2.75) is 84.1 Å². The van der Waals surface area contributed by atoms with Gasteiger partial charge >= 0.3 is 0 Å². The zero-order valence-electron chi connectivity index (χ0n) is 15.4. The van der Waals surface area contributed by atoms with Crippen LogP contribution in [-0.2, 0) is 23.6 Å². The van der Waals surface area contributed by atoms with Crippen molar-refractivity contribution in [3.8, 4) is 5.75 Å². The van der Waals surface area contributed by atoms with Crippen LogP contribution in [0.4, 0.5) is 0 Å². The van der Waals surface area contributed by atoms with Gasteiger partial charge in [0.1, 0.15) is 5.75 Å². The lowest BCUT2D eigenvalue weighted by molar-refractivity contribution is 0.535. The summed E-state index contributed by atoms with van der Waals surface area (Å²) in [6.45, 7) is 16.0. The predicted molar refractivity (Wildman–Crippen MR) is 104 cm³/mol. The van der Waals surface area contributed by atoms with Crippen molar-refractivity contribution < 1.29 is 4.43 Å². The Morgan fingerprint density at radius 2 is 1.64 bits per heavy atom. The van der Waals surface area contributed by atoms with Crippen LogP contribution in [0.1, 0.15) is 69.7 Å². The Kier molecular flexibility index (Phi) is 7.67. The van der Waals surface area contributed by atoms with Crippen LogP contribution in [0.15, 0.2) is 6.07 Å². The Hall–Kier alpha value is -0.283. The monoisotopic (exact) mass is 383 g/mol. The van der Waals surface area contributed by atoms with Crippen LogP contribution in [0.2, 0.25) is 13.1 Å². The third-order valence-corrected chi connectivity index (χ3v) is 4.97. The molecule has 0 aliphatic heterocycles. The molecule has 3 heteroatoms. The Labute approximate surface area is 147 Å². The highest BCUT2D eigenvalue weighted by Gasteiger charge is 2.26. The zero-order valence-corrected chi connectivity index (χ0v) is 18.0. The summed E-state index contributed by atoms with van der Waals surface area (Å²) in [4.78, 5) is 0. The van der Waals surface area contributed by atoms with Gasteiger partial charge in [0.15, 0.2) is 0 Å². The van der Waals surface area contributed by atoms with E-state index in [9.17, 15) is 0 Å². The van der Waals surface area contributed by atoms with E-state index >= 15 is 0 Å². The standard InChI is InChI=1S/C19H32BrOSi/c1-8-10-14-12-15(13-20)18(21-22(6)7)16(11-9-2)17(14)19(3,4)5/h12H,8-11,13H2,1-7H3. The van der Waals surface area contributed by atoms with E-state index in [0.29, 0.717) is 0 Å². The summed E-state index contributed by atoms with van der Waals surface area (Å²) in [7, 11) is -0.766. The van der Waals surface area contributed by atoms with Gasteiger partial charge in [-0.1, -0.05) is 69.5 Å². The van der Waals surface area contributed by atoms with Gasteiger partial charge in [0.25, 0.3) is 9.04 Å². The lowest BCUT2D eigenvalue weighted by Crippen LogP contribution is -2.21. The van der Waals surface area contributed by atoms with E-state index in [0.717, 1.165) is 24.6 Å². The van der Waals surface area contributed by atoms with Crippen LogP contribution in [-0.4, -0.2) is 9.04 Å². The summed E-state index contributed by atoms with van der Waals surface area (Å²) in [5.74, 6) is 1.17. The summed E-state index contributed by atoms with van der Waals surface area (Å²) >= 11 is 3.68. The minimum Gasteiger partial charge on any atom is -0.542 e. The number of halogens is 1. The van der Waals surface area contributed by atoms with Gasteiger partial charge in [0.2, 0.25) is 0 Å². The van der Waals surface area contributed by atoms with Crippen molar-refractivity contribution in [1.29, 1.82) is 0 Å². The quantitative estimate of drug-likeness (QED) is 0.390. The predicted octanol–water partition coefficient (Wildman–Crippen LogP) is 6.41. The largest absolute Gasteiger partial charge is 0.542 e.